The molecule has 7 heteroatoms. The Bertz CT molecular complexity index is 851. The normalized spacial score (nSPS) is 17.3. The molecule has 1 N–H and O–H groups in total. The van der Waals surface area contributed by atoms with Crippen molar-refractivity contribution in [1.29, 1.82) is 0 Å². The Kier molecular flexibility index (Phi) is 5.56. The summed E-state index contributed by atoms with van der Waals surface area (Å²) in [6, 6.07) is 12.7. The van der Waals surface area contributed by atoms with E-state index in [1.807, 2.05) is 18.2 Å². The van der Waals surface area contributed by atoms with Crippen LogP contribution in [-0.4, -0.2) is 44.7 Å². The maximum absolute atomic E-state index is 12.2. The molecule has 1 atom stereocenters. The highest BCUT2D eigenvalue weighted by molar-refractivity contribution is 7.90. The zero-order valence-electron chi connectivity index (χ0n) is 14.8. The lowest BCUT2D eigenvalue weighted by Crippen LogP contribution is -2.37. The van der Waals surface area contributed by atoms with E-state index in [4.69, 9.17) is 0 Å². The minimum atomic E-state index is -3.18. The topological polar surface area (TPSA) is 79.4 Å². The van der Waals surface area contributed by atoms with Gasteiger partial charge in [-0.05, 0) is 42.7 Å². The Hall–Kier alpha value is -2.41. The molecule has 1 aliphatic rings. The standard InChI is InChI=1S/C19H23N3O3S/c1-26(24,25)17-8-5-15(6-9-17)7-10-19(23)21-16-11-13-22(14-16)18-4-2-3-12-20-18/h2-6,8-9,12,16H,7,10-11,13-14H2,1H3,(H,21,23). The van der Waals surface area contributed by atoms with Crippen LogP contribution in [0.3, 0.4) is 0 Å². The van der Waals surface area contributed by atoms with Gasteiger partial charge in [-0.15, -0.1) is 0 Å². The number of nitrogens with zero attached hydrogens (tertiary/aromatic N) is 2. The molecule has 0 radical (unpaired) electrons. The second-order valence-electron chi connectivity index (χ2n) is 6.60. The lowest BCUT2D eigenvalue weighted by Gasteiger charge is -2.17. The van der Waals surface area contributed by atoms with Crippen LogP contribution >= 0.6 is 0 Å². The number of hydrogen-bond donors (Lipinski definition) is 1. The van der Waals surface area contributed by atoms with E-state index in [0.29, 0.717) is 17.7 Å². The molecule has 3 rings (SSSR count). The second kappa shape index (κ2) is 7.86. The van der Waals surface area contributed by atoms with Gasteiger partial charge >= 0.3 is 0 Å². The van der Waals surface area contributed by atoms with Gasteiger partial charge in [0, 0.05) is 38.0 Å². The largest absolute Gasteiger partial charge is 0.354 e. The van der Waals surface area contributed by atoms with Crippen LogP contribution in [0, 0.1) is 0 Å². The van der Waals surface area contributed by atoms with Crippen molar-refractivity contribution in [1.82, 2.24) is 10.3 Å². The molecule has 0 saturated carbocycles. The Labute approximate surface area is 154 Å². The summed E-state index contributed by atoms with van der Waals surface area (Å²) in [5.41, 5.74) is 0.953. The summed E-state index contributed by atoms with van der Waals surface area (Å²) in [6.45, 7) is 1.65. The van der Waals surface area contributed by atoms with E-state index < -0.39 is 9.84 Å². The number of hydrogen-bond acceptors (Lipinski definition) is 5. The first kappa shape index (κ1) is 18.4. The molecule has 0 bridgehead atoms. The Morgan fingerprint density at radius 2 is 2.00 bits per heavy atom. The van der Waals surface area contributed by atoms with Crippen molar-refractivity contribution >= 4 is 21.6 Å². The number of pyridine rings is 1. The summed E-state index contributed by atoms with van der Waals surface area (Å²) in [5, 5.41) is 3.08. The predicted molar refractivity (Wildman–Crippen MR) is 101 cm³/mol. The lowest BCUT2D eigenvalue weighted by molar-refractivity contribution is -0.121. The number of carbonyl (C=O) groups is 1. The monoisotopic (exact) mass is 373 g/mol. The maximum Gasteiger partial charge on any atom is 0.220 e. The van der Waals surface area contributed by atoms with Gasteiger partial charge in [-0.25, -0.2) is 13.4 Å². The third-order valence-corrected chi connectivity index (χ3v) is 5.65. The first-order valence-electron chi connectivity index (χ1n) is 8.66. The Balaban J connectivity index is 1.46. The zero-order chi connectivity index (χ0) is 18.6. The molecular weight excluding hydrogens is 350 g/mol. The van der Waals surface area contributed by atoms with Crippen LogP contribution in [0.2, 0.25) is 0 Å². The minimum absolute atomic E-state index is 0.0186. The molecule has 1 unspecified atom stereocenters. The average Bonchev–Trinajstić information content (AvgIpc) is 3.09. The van der Waals surface area contributed by atoms with Gasteiger partial charge in [0.05, 0.1) is 4.90 Å². The highest BCUT2D eigenvalue weighted by Crippen LogP contribution is 2.17. The second-order valence-corrected chi connectivity index (χ2v) is 8.62. The van der Waals surface area contributed by atoms with Gasteiger partial charge in [0.25, 0.3) is 0 Å². The fraction of sp³-hybridized carbons (Fsp3) is 0.368. The van der Waals surface area contributed by atoms with Gasteiger partial charge in [-0.1, -0.05) is 18.2 Å². The first-order valence-corrected chi connectivity index (χ1v) is 10.6. The number of sulfone groups is 1. The molecule has 1 amide bonds. The number of nitrogens with one attached hydrogen (secondary N) is 1. The maximum atomic E-state index is 12.2. The van der Waals surface area contributed by atoms with Crippen LogP contribution in [-0.2, 0) is 21.1 Å². The third-order valence-electron chi connectivity index (χ3n) is 4.52. The van der Waals surface area contributed by atoms with Gasteiger partial charge in [0.2, 0.25) is 5.91 Å². The summed E-state index contributed by atoms with van der Waals surface area (Å²) >= 11 is 0. The molecule has 0 spiro atoms. The lowest BCUT2D eigenvalue weighted by atomic mass is 10.1. The highest BCUT2D eigenvalue weighted by atomic mass is 32.2. The van der Waals surface area contributed by atoms with Crippen LogP contribution in [0.5, 0.6) is 0 Å². The van der Waals surface area contributed by atoms with E-state index in [1.165, 1.54) is 6.26 Å². The van der Waals surface area contributed by atoms with Crippen LogP contribution in [0.15, 0.2) is 53.6 Å². The van der Waals surface area contributed by atoms with Crippen LogP contribution in [0.4, 0.5) is 5.82 Å². The molecule has 138 valence electrons. The van der Waals surface area contributed by atoms with Gasteiger partial charge < -0.3 is 10.2 Å². The van der Waals surface area contributed by atoms with Crippen LogP contribution in [0.1, 0.15) is 18.4 Å². The molecule has 0 aliphatic carbocycles. The van der Waals surface area contributed by atoms with Gasteiger partial charge in [0.1, 0.15) is 5.82 Å². The van der Waals surface area contributed by atoms with Crippen molar-refractivity contribution in [2.45, 2.75) is 30.2 Å². The van der Waals surface area contributed by atoms with Gasteiger partial charge in [0.15, 0.2) is 9.84 Å². The number of aryl methyl sites for hydroxylation is 1. The number of anilines is 1. The third kappa shape index (κ3) is 4.82. The van der Waals surface area contributed by atoms with Crippen molar-refractivity contribution < 1.29 is 13.2 Å². The predicted octanol–water partition coefficient (Wildman–Crippen LogP) is 1.81. The highest BCUT2D eigenvalue weighted by Gasteiger charge is 2.24. The molecule has 6 nitrogen and oxygen atoms in total. The molecule has 1 fully saturated rings. The summed E-state index contributed by atoms with van der Waals surface area (Å²) < 4.78 is 22.9. The van der Waals surface area contributed by atoms with Gasteiger partial charge in [-0.3, -0.25) is 4.79 Å². The van der Waals surface area contributed by atoms with Crippen molar-refractivity contribution in [2.75, 3.05) is 24.2 Å². The summed E-state index contributed by atoms with van der Waals surface area (Å²) in [4.78, 5) is 19.0. The number of carbonyl (C=O) groups excluding carboxylic acids is 1. The van der Waals surface area contributed by atoms with Crippen molar-refractivity contribution in [2.24, 2.45) is 0 Å². The van der Waals surface area contributed by atoms with Crippen molar-refractivity contribution in [3.63, 3.8) is 0 Å². The van der Waals surface area contributed by atoms with Crippen LogP contribution in [0.25, 0.3) is 0 Å². The van der Waals surface area contributed by atoms with E-state index in [-0.39, 0.29) is 11.9 Å². The summed E-state index contributed by atoms with van der Waals surface area (Å²) in [5.74, 6) is 0.959. The smallest absolute Gasteiger partial charge is 0.220 e. The SMILES string of the molecule is CS(=O)(=O)c1ccc(CCC(=O)NC2CCN(c3ccccn3)C2)cc1. The van der Waals surface area contributed by atoms with E-state index in [9.17, 15) is 13.2 Å². The van der Waals surface area contributed by atoms with Crippen molar-refractivity contribution in [3.05, 3.63) is 54.2 Å². The molecule has 26 heavy (non-hydrogen) atoms. The number of amides is 1. The molecular formula is C19H23N3O3S. The number of rotatable bonds is 6. The minimum Gasteiger partial charge on any atom is -0.354 e. The van der Waals surface area contributed by atoms with E-state index >= 15 is 0 Å². The summed E-state index contributed by atoms with van der Waals surface area (Å²) in [7, 11) is -3.18. The Morgan fingerprint density at radius 3 is 2.65 bits per heavy atom. The fourth-order valence-electron chi connectivity index (χ4n) is 3.09. The molecule has 2 heterocycles. The molecule has 1 aliphatic heterocycles. The van der Waals surface area contributed by atoms with E-state index in [1.54, 1.807) is 30.5 Å². The zero-order valence-corrected chi connectivity index (χ0v) is 15.6. The molecule has 1 aromatic carbocycles. The van der Waals surface area contributed by atoms with E-state index in [0.717, 1.165) is 30.9 Å². The molecule has 2 aromatic rings. The summed E-state index contributed by atoms with van der Waals surface area (Å²) in [6.07, 6.45) is 4.85. The molecule has 1 saturated heterocycles. The van der Waals surface area contributed by atoms with E-state index in [2.05, 4.69) is 15.2 Å². The van der Waals surface area contributed by atoms with Crippen LogP contribution < -0.4 is 10.2 Å². The number of aromatic nitrogens is 1. The fourth-order valence-corrected chi connectivity index (χ4v) is 3.72. The Morgan fingerprint density at radius 1 is 1.23 bits per heavy atom. The van der Waals surface area contributed by atoms with Crippen molar-refractivity contribution in [3.8, 4) is 0 Å². The van der Waals surface area contributed by atoms with Gasteiger partial charge in [-0.2, -0.15) is 0 Å². The number of benzene rings is 1. The quantitative estimate of drug-likeness (QED) is 0.835. The average molecular weight is 373 g/mol. The molecule has 1 aromatic heterocycles. The first-order chi connectivity index (χ1) is 12.4.